The minimum absolute atomic E-state index is 0.370. The van der Waals surface area contributed by atoms with Crippen LogP contribution in [0.5, 0.6) is 0 Å². The molecular weight excluding hydrogens is 424 g/mol. The lowest BCUT2D eigenvalue weighted by Gasteiger charge is -2.17. The number of benzene rings is 2. The molecule has 0 saturated carbocycles. The summed E-state index contributed by atoms with van der Waals surface area (Å²) in [4.78, 5) is 37.1. The molecule has 0 aliphatic heterocycles. The minimum Gasteiger partial charge on any atom is -0.454 e. The fourth-order valence-corrected chi connectivity index (χ4v) is 3.67. The van der Waals surface area contributed by atoms with Gasteiger partial charge in [0, 0.05) is 5.56 Å². The van der Waals surface area contributed by atoms with Crippen LogP contribution in [-0.2, 0) is 14.3 Å². The van der Waals surface area contributed by atoms with E-state index >= 15 is 0 Å². The van der Waals surface area contributed by atoms with Crippen molar-refractivity contribution in [3.63, 3.8) is 0 Å². The van der Waals surface area contributed by atoms with Crippen molar-refractivity contribution in [1.29, 1.82) is 0 Å². The lowest BCUT2D eigenvalue weighted by atomic mass is 10.1. The summed E-state index contributed by atoms with van der Waals surface area (Å²) in [5, 5.41) is 5.36. The first-order valence-corrected chi connectivity index (χ1v) is 11.2. The molecule has 1 heterocycles. The van der Waals surface area contributed by atoms with Crippen LogP contribution in [-0.4, -0.2) is 51.2 Å². The van der Waals surface area contributed by atoms with Crippen LogP contribution in [0.25, 0.3) is 11.0 Å². The Kier molecular flexibility index (Phi) is 7.75. The monoisotopic (exact) mass is 444 g/mol. The molecule has 10 heteroatoms. The fourth-order valence-electron chi connectivity index (χ4n) is 2.65. The molecule has 2 N–H and O–H groups in total. The number of amides is 2. The lowest BCUT2D eigenvalue weighted by molar-refractivity contribution is -0.149. The Morgan fingerprint density at radius 2 is 1.90 bits per heavy atom. The van der Waals surface area contributed by atoms with Gasteiger partial charge in [-0.25, -0.2) is 4.79 Å². The van der Waals surface area contributed by atoms with Gasteiger partial charge < -0.3 is 15.4 Å². The van der Waals surface area contributed by atoms with E-state index in [1.807, 2.05) is 6.26 Å². The highest BCUT2D eigenvalue weighted by Crippen LogP contribution is 2.20. The molecule has 3 aromatic rings. The van der Waals surface area contributed by atoms with Gasteiger partial charge >= 0.3 is 5.97 Å². The normalized spacial score (nSPS) is 11.6. The van der Waals surface area contributed by atoms with Crippen molar-refractivity contribution >= 4 is 58.0 Å². The maximum Gasteiger partial charge on any atom is 0.329 e. The molecule has 156 valence electrons. The smallest absolute Gasteiger partial charge is 0.329 e. The molecule has 0 bridgehead atoms. The Labute approximate surface area is 181 Å². The van der Waals surface area contributed by atoms with E-state index < -0.39 is 24.5 Å². The van der Waals surface area contributed by atoms with Crippen LogP contribution in [0.15, 0.2) is 48.5 Å². The number of esters is 1. The van der Waals surface area contributed by atoms with Crippen molar-refractivity contribution < 1.29 is 19.1 Å². The van der Waals surface area contributed by atoms with Crippen molar-refractivity contribution in [2.24, 2.45) is 0 Å². The van der Waals surface area contributed by atoms with E-state index in [0.29, 0.717) is 34.5 Å². The quantitative estimate of drug-likeness (QED) is 0.488. The van der Waals surface area contributed by atoms with Gasteiger partial charge in [0.15, 0.2) is 6.61 Å². The Morgan fingerprint density at radius 3 is 2.67 bits per heavy atom. The summed E-state index contributed by atoms with van der Waals surface area (Å²) >= 11 is 2.60. The Bertz CT molecular complexity index is 1030. The number of aromatic nitrogens is 2. The summed E-state index contributed by atoms with van der Waals surface area (Å²) < 4.78 is 13.4. The highest BCUT2D eigenvalue weighted by molar-refractivity contribution is 7.98. The third-order valence-electron chi connectivity index (χ3n) is 4.14. The van der Waals surface area contributed by atoms with Gasteiger partial charge in [-0.3, -0.25) is 9.59 Å². The molecule has 0 radical (unpaired) electrons. The van der Waals surface area contributed by atoms with E-state index in [1.54, 1.807) is 60.3 Å². The summed E-state index contributed by atoms with van der Waals surface area (Å²) in [6, 6.07) is 13.0. The summed E-state index contributed by atoms with van der Waals surface area (Å²) in [6.45, 7) is -0.468. The van der Waals surface area contributed by atoms with Crippen LogP contribution in [0, 0.1) is 0 Å². The molecule has 8 nitrogen and oxygen atoms in total. The second-order valence-electron chi connectivity index (χ2n) is 6.27. The first kappa shape index (κ1) is 21.7. The Morgan fingerprint density at radius 1 is 1.10 bits per heavy atom. The zero-order chi connectivity index (χ0) is 21.3. The van der Waals surface area contributed by atoms with Gasteiger partial charge in [-0.1, -0.05) is 24.3 Å². The molecule has 0 aliphatic rings. The van der Waals surface area contributed by atoms with Crippen LogP contribution in [0.2, 0.25) is 0 Å². The van der Waals surface area contributed by atoms with Gasteiger partial charge in [0.2, 0.25) is 0 Å². The largest absolute Gasteiger partial charge is 0.454 e. The number of ether oxygens (including phenoxy) is 1. The highest BCUT2D eigenvalue weighted by Gasteiger charge is 2.23. The maximum atomic E-state index is 12.5. The van der Waals surface area contributed by atoms with Gasteiger partial charge in [-0.05, 0) is 42.7 Å². The van der Waals surface area contributed by atoms with Crippen molar-refractivity contribution in [3.05, 3.63) is 54.1 Å². The second kappa shape index (κ2) is 10.7. The molecule has 1 aromatic heterocycles. The summed E-state index contributed by atoms with van der Waals surface area (Å²) in [5.41, 5.74) is 2.20. The molecule has 0 spiro atoms. The van der Waals surface area contributed by atoms with Gasteiger partial charge in [-0.2, -0.15) is 20.5 Å². The molecular formula is C20H20N4O4S2. The van der Waals surface area contributed by atoms with Crippen LogP contribution >= 0.6 is 23.5 Å². The third kappa shape index (κ3) is 5.77. The zero-order valence-electron chi connectivity index (χ0n) is 16.2. The van der Waals surface area contributed by atoms with Crippen LogP contribution < -0.4 is 10.6 Å². The number of hydrogen-bond donors (Lipinski definition) is 2. The first-order valence-electron chi connectivity index (χ1n) is 9.11. The minimum atomic E-state index is -0.843. The molecule has 1 atom stereocenters. The van der Waals surface area contributed by atoms with Crippen LogP contribution in [0.4, 0.5) is 5.69 Å². The number of fused-ring (bicyclic) bond motifs is 1. The average Bonchev–Trinajstić information content (AvgIpc) is 3.25. The molecule has 3 rings (SSSR count). The van der Waals surface area contributed by atoms with Gasteiger partial charge in [0.05, 0.1) is 17.4 Å². The predicted octanol–water partition coefficient (Wildman–Crippen LogP) is 2.72. The summed E-state index contributed by atoms with van der Waals surface area (Å²) in [6.07, 6.45) is 2.30. The molecule has 0 unspecified atom stereocenters. The number of thioether (sulfide) groups is 1. The lowest BCUT2D eigenvalue weighted by Crippen LogP contribution is -2.43. The maximum absolute atomic E-state index is 12.5. The number of carbonyl (C=O) groups is 3. The number of hydrogen-bond acceptors (Lipinski definition) is 8. The number of nitrogens with zero attached hydrogens (tertiary/aromatic N) is 2. The summed E-state index contributed by atoms with van der Waals surface area (Å²) in [7, 11) is 0. The topological polar surface area (TPSA) is 110 Å². The van der Waals surface area contributed by atoms with E-state index in [9.17, 15) is 14.4 Å². The molecule has 0 saturated heterocycles. The second-order valence-corrected chi connectivity index (χ2v) is 7.78. The van der Waals surface area contributed by atoms with Crippen molar-refractivity contribution in [1.82, 2.24) is 14.1 Å². The average molecular weight is 445 g/mol. The van der Waals surface area contributed by atoms with Gasteiger partial charge in [0.1, 0.15) is 17.1 Å². The number of anilines is 1. The molecule has 30 heavy (non-hydrogen) atoms. The molecule has 0 aliphatic carbocycles. The Balaban J connectivity index is 1.57. The standard InChI is InChI=1S/C20H20N4O4S2/c1-29-11-10-16(22-19(26)13-6-3-2-4-7-13)20(27)28-12-17(25)21-14-8-5-9-15-18(14)24-30-23-15/h2-9,16H,10-12H2,1H3,(H,21,25)(H,22,26)/t16-/m1/s1. The summed E-state index contributed by atoms with van der Waals surface area (Å²) in [5.74, 6) is -0.871. The third-order valence-corrected chi connectivity index (χ3v) is 5.33. The van der Waals surface area contributed by atoms with Crippen LogP contribution in [0.1, 0.15) is 16.8 Å². The number of carbonyl (C=O) groups excluding carboxylic acids is 3. The SMILES string of the molecule is CSCC[C@@H](NC(=O)c1ccccc1)C(=O)OCC(=O)Nc1cccc2nsnc12. The van der Waals surface area contributed by atoms with Crippen molar-refractivity contribution in [3.8, 4) is 0 Å². The van der Waals surface area contributed by atoms with Gasteiger partial charge in [0.25, 0.3) is 11.8 Å². The van der Waals surface area contributed by atoms with E-state index in [-0.39, 0.29) is 5.91 Å². The predicted molar refractivity (Wildman–Crippen MR) is 118 cm³/mol. The van der Waals surface area contributed by atoms with Crippen molar-refractivity contribution in [2.45, 2.75) is 12.5 Å². The molecule has 2 amide bonds. The fraction of sp³-hybridized carbons (Fsp3) is 0.250. The molecule has 0 fully saturated rings. The van der Waals surface area contributed by atoms with Crippen LogP contribution in [0.3, 0.4) is 0 Å². The molecule has 2 aromatic carbocycles. The Hall–Kier alpha value is -2.98. The highest BCUT2D eigenvalue weighted by atomic mass is 32.2. The first-order chi connectivity index (χ1) is 14.6. The van der Waals surface area contributed by atoms with E-state index in [1.165, 1.54) is 0 Å². The van der Waals surface area contributed by atoms with E-state index in [0.717, 1.165) is 11.7 Å². The zero-order valence-corrected chi connectivity index (χ0v) is 17.8. The van der Waals surface area contributed by atoms with E-state index in [4.69, 9.17) is 4.74 Å². The number of nitrogens with one attached hydrogen (secondary N) is 2. The van der Waals surface area contributed by atoms with Crippen molar-refractivity contribution in [2.75, 3.05) is 23.9 Å². The van der Waals surface area contributed by atoms with Gasteiger partial charge in [-0.15, -0.1) is 0 Å². The van der Waals surface area contributed by atoms with E-state index in [2.05, 4.69) is 19.4 Å². The number of rotatable bonds is 9.